The van der Waals surface area contributed by atoms with Crippen LogP contribution in [0.5, 0.6) is 0 Å². The Morgan fingerprint density at radius 1 is 1.43 bits per heavy atom. The smallest absolute Gasteiger partial charge is 0.321 e. The van der Waals surface area contributed by atoms with Crippen molar-refractivity contribution in [3.63, 3.8) is 0 Å². The summed E-state index contributed by atoms with van der Waals surface area (Å²) in [5, 5.41) is 0. The lowest BCUT2D eigenvalue weighted by atomic mass is 10.1. The van der Waals surface area contributed by atoms with Crippen molar-refractivity contribution in [2.75, 3.05) is 5.88 Å². The van der Waals surface area contributed by atoms with Crippen LogP contribution in [0, 0.1) is 0 Å². The third-order valence-corrected chi connectivity index (χ3v) is 1.94. The van der Waals surface area contributed by atoms with Gasteiger partial charge in [-0.05, 0) is 11.1 Å². The Labute approximate surface area is 88.1 Å². The van der Waals surface area contributed by atoms with Crippen molar-refractivity contribution in [1.29, 1.82) is 0 Å². The predicted octanol–water partition coefficient (Wildman–Crippen LogP) is 2.61. The molecule has 0 saturated heterocycles. The second-order valence-electron chi connectivity index (χ2n) is 2.74. The molecule has 0 spiro atoms. The first kappa shape index (κ1) is 10.8. The highest BCUT2D eigenvalue weighted by Gasteiger charge is 1.99. The van der Waals surface area contributed by atoms with Gasteiger partial charge in [0.1, 0.15) is 12.5 Å². The van der Waals surface area contributed by atoms with Gasteiger partial charge in [-0.25, -0.2) is 0 Å². The van der Waals surface area contributed by atoms with Crippen LogP contribution in [0.2, 0.25) is 0 Å². The number of ether oxygens (including phenoxy) is 1. The lowest BCUT2D eigenvalue weighted by molar-refractivity contribution is -0.141. The molecule has 0 bridgehead atoms. The Morgan fingerprint density at radius 2 is 2.07 bits per heavy atom. The van der Waals surface area contributed by atoms with Crippen LogP contribution in [-0.2, 0) is 16.1 Å². The maximum Gasteiger partial charge on any atom is 0.321 e. The minimum atomic E-state index is -0.403. The fraction of sp³-hybridized carbons (Fsp3) is 0.182. The molecule has 0 saturated carbocycles. The summed E-state index contributed by atoms with van der Waals surface area (Å²) in [4.78, 5) is 10.7. The van der Waals surface area contributed by atoms with Crippen LogP contribution in [0.3, 0.4) is 0 Å². The summed E-state index contributed by atoms with van der Waals surface area (Å²) < 4.78 is 4.85. The molecule has 0 unspecified atom stereocenters. The molecule has 1 rings (SSSR count). The second kappa shape index (κ2) is 5.45. The van der Waals surface area contributed by atoms with Crippen molar-refractivity contribution in [1.82, 2.24) is 0 Å². The van der Waals surface area contributed by atoms with Crippen molar-refractivity contribution in [2.45, 2.75) is 6.61 Å². The van der Waals surface area contributed by atoms with Crippen LogP contribution < -0.4 is 0 Å². The van der Waals surface area contributed by atoms with E-state index in [1.54, 1.807) is 6.08 Å². The first-order chi connectivity index (χ1) is 6.76. The number of hydrogen-bond acceptors (Lipinski definition) is 2. The zero-order valence-electron chi connectivity index (χ0n) is 7.70. The largest absolute Gasteiger partial charge is 0.460 e. The van der Waals surface area contributed by atoms with Gasteiger partial charge < -0.3 is 4.74 Å². The number of esters is 1. The standard InChI is InChI=1S/C11H11ClO2/c1-2-9-3-5-10(6-4-9)8-14-11(13)7-12/h2-6H,1,7-8H2. The zero-order valence-corrected chi connectivity index (χ0v) is 8.46. The number of carbonyl (C=O) groups excluding carboxylic acids is 1. The SMILES string of the molecule is C=Cc1ccc(COC(=O)CCl)cc1. The molecule has 0 aliphatic rings. The number of alkyl halides is 1. The molecular weight excluding hydrogens is 200 g/mol. The van der Waals surface area contributed by atoms with Gasteiger partial charge in [-0.15, -0.1) is 11.6 Å². The molecular formula is C11H11ClO2. The van der Waals surface area contributed by atoms with Crippen molar-refractivity contribution >= 4 is 23.6 Å². The molecule has 74 valence electrons. The Morgan fingerprint density at radius 3 is 2.57 bits per heavy atom. The second-order valence-corrected chi connectivity index (χ2v) is 3.01. The van der Waals surface area contributed by atoms with E-state index in [-0.39, 0.29) is 12.5 Å². The lowest BCUT2D eigenvalue weighted by Crippen LogP contribution is -2.05. The average Bonchev–Trinajstić information content (AvgIpc) is 2.26. The zero-order chi connectivity index (χ0) is 10.4. The van der Waals surface area contributed by atoms with E-state index in [0.29, 0.717) is 0 Å². The van der Waals surface area contributed by atoms with Crippen LogP contribution >= 0.6 is 11.6 Å². The number of carbonyl (C=O) groups is 1. The van der Waals surface area contributed by atoms with Gasteiger partial charge in [0.25, 0.3) is 0 Å². The molecule has 3 heteroatoms. The molecule has 1 aromatic carbocycles. The number of halogens is 1. The first-order valence-electron chi connectivity index (χ1n) is 4.19. The molecule has 0 radical (unpaired) electrons. The highest BCUT2D eigenvalue weighted by atomic mass is 35.5. The number of rotatable bonds is 4. The molecule has 14 heavy (non-hydrogen) atoms. The third kappa shape index (κ3) is 3.23. The Kier molecular flexibility index (Phi) is 4.20. The van der Waals surface area contributed by atoms with Crippen molar-refractivity contribution in [3.8, 4) is 0 Å². The molecule has 2 nitrogen and oxygen atoms in total. The number of benzene rings is 1. The fourth-order valence-corrected chi connectivity index (χ4v) is 1.03. The molecule has 0 aliphatic carbocycles. The van der Waals surface area contributed by atoms with Gasteiger partial charge in [0.15, 0.2) is 0 Å². The number of hydrogen-bond donors (Lipinski definition) is 0. The summed E-state index contributed by atoms with van der Waals surface area (Å²) in [6.45, 7) is 3.91. The maximum absolute atomic E-state index is 10.7. The van der Waals surface area contributed by atoms with Gasteiger partial charge >= 0.3 is 5.97 Å². The monoisotopic (exact) mass is 210 g/mol. The van der Waals surface area contributed by atoms with Crippen molar-refractivity contribution < 1.29 is 9.53 Å². The van der Waals surface area contributed by atoms with Crippen molar-refractivity contribution in [2.24, 2.45) is 0 Å². The van der Waals surface area contributed by atoms with Gasteiger partial charge in [-0.3, -0.25) is 4.79 Å². The molecule has 0 aliphatic heterocycles. The predicted molar refractivity (Wildman–Crippen MR) is 57.0 cm³/mol. The first-order valence-corrected chi connectivity index (χ1v) is 4.72. The van der Waals surface area contributed by atoms with Crippen LogP contribution in [-0.4, -0.2) is 11.8 Å². The van der Waals surface area contributed by atoms with E-state index < -0.39 is 5.97 Å². The van der Waals surface area contributed by atoms with Crippen LogP contribution in [0.1, 0.15) is 11.1 Å². The minimum Gasteiger partial charge on any atom is -0.460 e. The topological polar surface area (TPSA) is 26.3 Å². The summed E-state index contributed by atoms with van der Waals surface area (Å²) in [7, 11) is 0. The third-order valence-electron chi connectivity index (χ3n) is 1.72. The molecule has 0 heterocycles. The van der Waals surface area contributed by atoms with E-state index in [2.05, 4.69) is 6.58 Å². The van der Waals surface area contributed by atoms with E-state index in [1.807, 2.05) is 24.3 Å². The van der Waals surface area contributed by atoms with E-state index in [0.717, 1.165) is 11.1 Å². The van der Waals surface area contributed by atoms with Crippen LogP contribution in [0.4, 0.5) is 0 Å². The van der Waals surface area contributed by atoms with Crippen LogP contribution in [0.15, 0.2) is 30.8 Å². The lowest BCUT2D eigenvalue weighted by Gasteiger charge is -2.02. The molecule has 0 fully saturated rings. The van der Waals surface area contributed by atoms with Crippen molar-refractivity contribution in [3.05, 3.63) is 42.0 Å². The van der Waals surface area contributed by atoms with Gasteiger partial charge in [-0.2, -0.15) is 0 Å². The molecule has 0 amide bonds. The summed E-state index contributed by atoms with van der Waals surface area (Å²) in [6.07, 6.45) is 1.76. The normalized spacial score (nSPS) is 9.50. The summed E-state index contributed by atoms with van der Waals surface area (Å²) in [6, 6.07) is 7.60. The summed E-state index contributed by atoms with van der Waals surface area (Å²) in [5.41, 5.74) is 1.98. The highest BCUT2D eigenvalue weighted by Crippen LogP contribution is 2.06. The van der Waals surface area contributed by atoms with E-state index in [4.69, 9.17) is 16.3 Å². The molecule has 0 atom stereocenters. The Hall–Kier alpha value is -1.28. The van der Waals surface area contributed by atoms with Crippen LogP contribution in [0.25, 0.3) is 6.08 Å². The highest BCUT2D eigenvalue weighted by molar-refractivity contribution is 6.26. The van der Waals surface area contributed by atoms with E-state index >= 15 is 0 Å². The average molecular weight is 211 g/mol. The molecule has 1 aromatic rings. The quantitative estimate of drug-likeness (QED) is 0.564. The summed E-state index contributed by atoms with van der Waals surface area (Å²) in [5.74, 6) is -0.510. The van der Waals surface area contributed by atoms with Gasteiger partial charge in [0.05, 0.1) is 0 Å². The Bertz CT molecular complexity index is 317. The van der Waals surface area contributed by atoms with E-state index in [9.17, 15) is 4.79 Å². The van der Waals surface area contributed by atoms with Gasteiger partial charge in [0, 0.05) is 0 Å². The molecule has 0 N–H and O–H groups in total. The maximum atomic E-state index is 10.7. The summed E-state index contributed by atoms with van der Waals surface area (Å²) >= 11 is 5.28. The minimum absolute atomic E-state index is 0.106. The molecule has 0 aromatic heterocycles. The van der Waals surface area contributed by atoms with Gasteiger partial charge in [-0.1, -0.05) is 36.9 Å². The van der Waals surface area contributed by atoms with Gasteiger partial charge in [0.2, 0.25) is 0 Å². The van der Waals surface area contributed by atoms with E-state index in [1.165, 1.54) is 0 Å². The Balaban J connectivity index is 2.51. The fourth-order valence-electron chi connectivity index (χ4n) is 0.952.